The van der Waals surface area contributed by atoms with E-state index in [9.17, 15) is 4.79 Å². The van der Waals surface area contributed by atoms with Crippen LogP contribution in [0, 0.1) is 6.92 Å². The molecule has 25 heavy (non-hydrogen) atoms. The van der Waals surface area contributed by atoms with Crippen molar-refractivity contribution in [2.24, 2.45) is 0 Å². The van der Waals surface area contributed by atoms with Crippen molar-refractivity contribution in [2.75, 3.05) is 20.7 Å². The van der Waals surface area contributed by atoms with Crippen molar-refractivity contribution in [1.82, 2.24) is 14.9 Å². The Balaban J connectivity index is 1.79. The number of carbonyl (C=O) groups is 1. The molecule has 0 N–H and O–H groups in total. The number of aryl methyl sites for hydroxylation is 1. The molecule has 0 saturated heterocycles. The number of hydrogen-bond acceptors (Lipinski definition) is 4. The number of fused-ring (bicyclic) bond motifs is 1. The molecule has 0 saturated carbocycles. The lowest BCUT2D eigenvalue weighted by Gasteiger charge is -2.18. The molecule has 0 atom stereocenters. The fourth-order valence-electron chi connectivity index (χ4n) is 2.72. The van der Waals surface area contributed by atoms with Crippen LogP contribution >= 0.6 is 0 Å². The van der Waals surface area contributed by atoms with Gasteiger partial charge in [0.05, 0.1) is 23.9 Å². The number of aromatic nitrogens is 2. The van der Waals surface area contributed by atoms with Crippen LogP contribution in [0.2, 0.25) is 0 Å². The van der Waals surface area contributed by atoms with E-state index in [0.29, 0.717) is 12.1 Å². The molecule has 3 aromatic rings. The summed E-state index contributed by atoms with van der Waals surface area (Å²) in [4.78, 5) is 23.4. The van der Waals surface area contributed by atoms with Crippen LogP contribution in [-0.4, -0.2) is 41.5 Å². The lowest BCUT2D eigenvalue weighted by atomic mass is 10.1. The summed E-state index contributed by atoms with van der Waals surface area (Å²) >= 11 is 0. The molecule has 0 aliphatic carbocycles. The number of methoxy groups -OCH3 is 1. The summed E-state index contributed by atoms with van der Waals surface area (Å²) in [6.45, 7) is 2.47. The van der Waals surface area contributed by atoms with E-state index in [0.717, 1.165) is 34.5 Å². The van der Waals surface area contributed by atoms with E-state index in [4.69, 9.17) is 4.74 Å². The third-order valence-electron chi connectivity index (χ3n) is 4.22. The Kier molecular flexibility index (Phi) is 4.93. The first-order valence-corrected chi connectivity index (χ1v) is 8.19. The fraction of sp³-hybridized carbons (Fsp3) is 0.250. The fourth-order valence-corrected chi connectivity index (χ4v) is 2.72. The second-order valence-electron chi connectivity index (χ2n) is 5.98. The molecular weight excluding hydrogens is 314 g/mol. The molecule has 5 nitrogen and oxygen atoms in total. The third kappa shape index (κ3) is 3.76. The molecule has 0 radical (unpaired) electrons. The zero-order chi connectivity index (χ0) is 17.8. The van der Waals surface area contributed by atoms with Crippen LogP contribution in [0.4, 0.5) is 0 Å². The van der Waals surface area contributed by atoms with E-state index in [2.05, 4.69) is 9.97 Å². The van der Waals surface area contributed by atoms with E-state index in [1.165, 1.54) is 0 Å². The zero-order valence-corrected chi connectivity index (χ0v) is 14.7. The predicted molar refractivity (Wildman–Crippen MR) is 97.9 cm³/mol. The van der Waals surface area contributed by atoms with Crippen LogP contribution in [0.3, 0.4) is 0 Å². The number of amides is 1. The lowest BCUT2D eigenvalue weighted by molar-refractivity contribution is 0.0795. The maximum absolute atomic E-state index is 12.8. The van der Waals surface area contributed by atoms with E-state index in [1.54, 1.807) is 18.2 Å². The van der Waals surface area contributed by atoms with Crippen LogP contribution in [0.15, 0.2) is 48.7 Å². The largest absolute Gasteiger partial charge is 0.497 e. The summed E-state index contributed by atoms with van der Waals surface area (Å²) in [6, 6.07) is 13.4. The average Bonchev–Trinajstić information content (AvgIpc) is 2.65. The quantitative estimate of drug-likeness (QED) is 0.718. The van der Waals surface area contributed by atoms with E-state index < -0.39 is 0 Å². The molecule has 2 heterocycles. The van der Waals surface area contributed by atoms with Gasteiger partial charge in [0.25, 0.3) is 5.91 Å². The zero-order valence-electron chi connectivity index (χ0n) is 14.7. The maximum Gasteiger partial charge on any atom is 0.255 e. The van der Waals surface area contributed by atoms with Gasteiger partial charge in [-0.15, -0.1) is 0 Å². The molecule has 0 bridgehead atoms. The van der Waals surface area contributed by atoms with Gasteiger partial charge in [-0.1, -0.05) is 6.07 Å². The Hall–Kier alpha value is -2.95. The summed E-state index contributed by atoms with van der Waals surface area (Å²) < 4.78 is 5.23. The van der Waals surface area contributed by atoms with Crippen molar-refractivity contribution in [3.05, 3.63) is 65.6 Å². The maximum atomic E-state index is 12.8. The molecule has 0 aliphatic rings. The van der Waals surface area contributed by atoms with E-state index in [1.807, 2.05) is 56.4 Å². The van der Waals surface area contributed by atoms with Crippen LogP contribution < -0.4 is 4.74 Å². The summed E-state index contributed by atoms with van der Waals surface area (Å²) in [6.07, 6.45) is 2.49. The Morgan fingerprint density at radius 1 is 1.20 bits per heavy atom. The number of benzene rings is 1. The normalized spacial score (nSPS) is 10.7. The van der Waals surface area contributed by atoms with Gasteiger partial charge < -0.3 is 9.64 Å². The summed E-state index contributed by atoms with van der Waals surface area (Å²) in [5, 5.41) is 0.924. The van der Waals surface area contributed by atoms with Gasteiger partial charge in [0.1, 0.15) is 5.75 Å². The molecule has 0 spiro atoms. The van der Waals surface area contributed by atoms with Gasteiger partial charge in [0, 0.05) is 43.4 Å². The first-order valence-electron chi connectivity index (χ1n) is 8.19. The molecule has 1 amide bonds. The van der Waals surface area contributed by atoms with Crippen molar-refractivity contribution in [3.8, 4) is 5.75 Å². The first kappa shape index (κ1) is 16.9. The van der Waals surface area contributed by atoms with E-state index >= 15 is 0 Å². The van der Waals surface area contributed by atoms with Gasteiger partial charge in [0.15, 0.2) is 0 Å². The molecule has 0 aliphatic heterocycles. The summed E-state index contributed by atoms with van der Waals surface area (Å²) in [5.74, 6) is 0.726. The second kappa shape index (κ2) is 7.30. The van der Waals surface area contributed by atoms with Crippen LogP contribution in [0.1, 0.15) is 21.7 Å². The van der Waals surface area contributed by atoms with Crippen LogP contribution in [0.5, 0.6) is 5.75 Å². The number of hydrogen-bond donors (Lipinski definition) is 0. The first-order chi connectivity index (χ1) is 12.1. The number of pyridine rings is 2. The standard InChI is InChI=1S/C20H21N3O2/c1-14-18(12-15-7-8-17(25-3)13-19(15)22-14)20(24)23(2)11-9-16-6-4-5-10-21-16/h4-8,10,12-13H,9,11H2,1-3H3. The highest BCUT2D eigenvalue weighted by atomic mass is 16.5. The Bertz CT molecular complexity index is 894. The van der Waals surface area contributed by atoms with Crippen molar-refractivity contribution in [1.29, 1.82) is 0 Å². The minimum absolute atomic E-state index is 0.0290. The number of nitrogens with zero attached hydrogens (tertiary/aromatic N) is 3. The lowest BCUT2D eigenvalue weighted by Crippen LogP contribution is -2.29. The molecule has 3 rings (SSSR count). The summed E-state index contributed by atoms with van der Waals surface area (Å²) in [5.41, 5.74) is 3.14. The van der Waals surface area contributed by atoms with Gasteiger partial charge in [-0.25, -0.2) is 0 Å². The van der Waals surface area contributed by atoms with Gasteiger partial charge in [-0.05, 0) is 37.3 Å². The van der Waals surface area contributed by atoms with Crippen molar-refractivity contribution < 1.29 is 9.53 Å². The molecule has 0 fully saturated rings. The third-order valence-corrected chi connectivity index (χ3v) is 4.22. The number of ether oxygens (including phenoxy) is 1. The topological polar surface area (TPSA) is 55.3 Å². The van der Waals surface area contributed by atoms with Crippen molar-refractivity contribution >= 4 is 16.8 Å². The average molecular weight is 335 g/mol. The van der Waals surface area contributed by atoms with Crippen molar-refractivity contribution in [2.45, 2.75) is 13.3 Å². The second-order valence-corrected chi connectivity index (χ2v) is 5.98. The van der Waals surface area contributed by atoms with Gasteiger partial charge >= 0.3 is 0 Å². The predicted octanol–water partition coefficient (Wildman–Crippen LogP) is 3.26. The SMILES string of the molecule is COc1ccc2cc(C(=O)N(C)CCc3ccccn3)c(C)nc2c1. The summed E-state index contributed by atoms with van der Waals surface area (Å²) in [7, 11) is 3.44. The Labute approximate surface area is 147 Å². The Morgan fingerprint density at radius 2 is 2.04 bits per heavy atom. The van der Waals surface area contributed by atoms with Gasteiger partial charge in [0.2, 0.25) is 0 Å². The molecular formula is C20H21N3O2. The minimum atomic E-state index is -0.0290. The smallest absolute Gasteiger partial charge is 0.255 e. The van der Waals surface area contributed by atoms with Gasteiger partial charge in [-0.3, -0.25) is 14.8 Å². The highest BCUT2D eigenvalue weighted by molar-refractivity contribution is 5.98. The van der Waals surface area contributed by atoms with Crippen LogP contribution in [-0.2, 0) is 6.42 Å². The number of likely N-dealkylation sites (N-methyl/N-ethyl adjacent to an activating group) is 1. The highest BCUT2D eigenvalue weighted by Crippen LogP contribution is 2.22. The minimum Gasteiger partial charge on any atom is -0.497 e. The van der Waals surface area contributed by atoms with E-state index in [-0.39, 0.29) is 5.91 Å². The molecule has 2 aromatic heterocycles. The van der Waals surface area contributed by atoms with Gasteiger partial charge in [-0.2, -0.15) is 0 Å². The number of rotatable bonds is 5. The molecule has 1 aromatic carbocycles. The molecule has 128 valence electrons. The Morgan fingerprint density at radius 3 is 2.76 bits per heavy atom. The number of carbonyl (C=O) groups excluding carboxylic acids is 1. The monoisotopic (exact) mass is 335 g/mol. The van der Waals surface area contributed by atoms with Crippen molar-refractivity contribution in [3.63, 3.8) is 0 Å². The molecule has 5 heteroatoms. The van der Waals surface area contributed by atoms with Crippen LogP contribution in [0.25, 0.3) is 10.9 Å². The highest BCUT2D eigenvalue weighted by Gasteiger charge is 2.16. The molecule has 0 unspecified atom stereocenters.